The second-order valence-electron chi connectivity index (χ2n) is 9.06. The van der Waals surface area contributed by atoms with Gasteiger partial charge in [-0.25, -0.2) is 8.78 Å². The molecule has 0 spiro atoms. The SMILES string of the molecule is O=C(c1ccc(F)cc1F)C1CCN(C(c2ccccc2)(c2ccccc2)c2ccccc2)CC1. The van der Waals surface area contributed by atoms with Gasteiger partial charge in [-0.1, -0.05) is 91.0 Å². The molecule has 0 unspecified atom stereocenters. The van der Waals surface area contributed by atoms with Crippen molar-refractivity contribution in [3.05, 3.63) is 143 Å². The third-order valence-corrected chi connectivity index (χ3v) is 7.11. The molecule has 35 heavy (non-hydrogen) atoms. The quantitative estimate of drug-likeness (QED) is 0.228. The fourth-order valence-corrected chi connectivity index (χ4v) is 5.47. The minimum absolute atomic E-state index is 0.0229. The van der Waals surface area contributed by atoms with Crippen LogP contribution in [-0.4, -0.2) is 23.8 Å². The molecule has 4 aromatic rings. The van der Waals surface area contributed by atoms with Crippen LogP contribution in [0, 0.1) is 17.6 Å². The van der Waals surface area contributed by atoms with Crippen LogP contribution in [0.5, 0.6) is 0 Å². The summed E-state index contributed by atoms with van der Waals surface area (Å²) in [6.07, 6.45) is 1.20. The standard InChI is InChI=1S/C31H27F2NO/c32-27-16-17-28(29(33)22-27)30(35)23-18-20-34(21-19-23)31(24-10-4-1-5-11-24,25-12-6-2-7-13-25)26-14-8-3-9-15-26/h1-17,22-23H,18-21H2. The predicted octanol–water partition coefficient (Wildman–Crippen LogP) is 6.85. The molecular formula is C31H27F2NO. The smallest absolute Gasteiger partial charge is 0.168 e. The van der Waals surface area contributed by atoms with Crippen molar-refractivity contribution in [2.24, 2.45) is 5.92 Å². The Morgan fingerprint density at radius 1 is 0.686 bits per heavy atom. The molecular weight excluding hydrogens is 440 g/mol. The number of ketones is 1. The van der Waals surface area contributed by atoms with Crippen molar-refractivity contribution in [2.45, 2.75) is 18.4 Å². The van der Waals surface area contributed by atoms with Crippen molar-refractivity contribution in [2.75, 3.05) is 13.1 Å². The van der Waals surface area contributed by atoms with Gasteiger partial charge in [0.25, 0.3) is 0 Å². The summed E-state index contributed by atoms with van der Waals surface area (Å²) < 4.78 is 27.7. The van der Waals surface area contributed by atoms with Crippen LogP contribution in [-0.2, 0) is 5.54 Å². The molecule has 4 heteroatoms. The Morgan fingerprint density at radius 3 is 1.57 bits per heavy atom. The van der Waals surface area contributed by atoms with Gasteiger partial charge >= 0.3 is 0 Å². The van der Waals surface area contributed by atoms with E-state index in [2.05, 4.69) is 77.7 Å². The third kappa shape index (κ3) is 4.30. The Bertz CT molecular complexity index is 1190. The van der Waals surface area contributed by atoms with E-state index in [-0.39, 0.29) is 17.3 Å². The largest absolute Gasteiger partial charge is 0.294 e. The van der Waals surface area contributed by atoms with Crippen LogP contribution < -0.4 is 0 Å². The number of piperidine rings is 1. The highest BCUT2D eigenvalue weighted by molar-refractivity contribution is 5.98. The number of Topliss-reactive ketones (excluding diaryl/α,β-unsaturated/α-hetero) is 1. The Morgan fingerprint density at radius 2 is 1.14 bits per heavy atom. The number of benzene rings is 4. The van der Waals surface area contributed by atoms with Crippen LogP contribution in [0.15, 0.2) is 109 Å². The van der Waals surface area contributed by atoms with Gasteiger partial charge in [0.2, 0.25) is 0 Å². The molecule has 1 saturated heterocycles. The Labute approximate surface area is 204 Å². The van der Waals surface area contributed by atoms with Gasteiger partial charge in [-0.15, -0.1) is 0 Å². The Hall–Kier alpha value is -3.63. The first-order valence-electron chi connectivity index (χ1n) is 12.0. The van der Waals surface area contributed by atoms with Gasteiger partial charge in [-0.3, -0.25) is 9.69 Å². The lowest BCUT2D eigenvalue weighted by molar-refractivity contribution is 0.0722. The van der Waals surface area contributed by atoms with Crippen molar-refractivity contribution in [1.82, 2.24) is 4.90 Å². The average Bonchev–Trinajstić information content (AvgIpc) is 2.91. The maximum atomic E-state index is 14.3. The van der Waals surface area contributed by atoms with E-state index in [0.717, 1.165) is 28.8 Å². The molecule has 0 N–H and O–H groups in total. The van der Waals surface area contributed by atoms with Crippen molar-refractivity contribution in [1.29, 1.82) is 0 Å². The first-order valence-corrected chi connectivity index (χ1v) is 12.0. The Kier molecular flexibility index (Phi) is 6.56. The summed E-state index contributed by atoms with van der Waals surface area (Å²) in [5.74, 6) is -2.00. The molecule has 0 radical (unpaired) electrons. The molecule has 1 aliphatic heterocycles. The van der Waals surface area contributed by atoms with E-state index in [4.69, 9.17) is 0 Å². The second-order valence-corrected chi connectivity index (χ2v) is 9.06. The van der Waals surface area contributed by atoms with Gasteiger partial charge in [-0.05, 0) is 41.7 Å². The first-order chi connectivity index (χ1) is 17.1. The van der Waals surface area contributed by atoms with Crippen molar-refractivity contribution >= 4 is 5.78 Å². The summed E-state index contributed by atoms with van der Waals surface area (Å²) in [7, 11) is 0. The minimum atomic E-state index is -0.787. The van der Waals surface area contributed by atoms with Gasteiger partial charge in [0.15, 0.2) is 5.78 Å². The molecule has 2 nitrogen and oxygen atoms in total. The number of carbonyl (C=O) groups excluding carboxylic acids is 1. The third-order valence-electron chi connectivity index (χ3n) is 7.11. The van der Waals surface area contributed by atoms with E-state index in [9.17, 15) is 13.6 Å². The number of hydrogen-bond acceptors (Lipinski definition) is 2. The summed E-state index contributed by atoms with van der Waals surface area (Å²) >= 11 is 0. The molecule has 0 atom stereocenters. The zero-order chi connectivity index (χ0) is 24.3. The topological polar surface area (TPSA) is 20.3 Å². The van der Waals surface area contributed by atoms with Crippen molar-refractivity contribution in [3.8, 4) is 0 Å². The molecule has 1 fully saturated rings. The highest BCUT2D eigenvalue weighted by Crippen LogP contribution is 2.44. The molecule has 176 valence electrons. The van der Waals surface area contributed by atoms with Crippen molar-refractivity contribution < 1.29 is 13.6 Å². The predicted molar refractivity (Wildman–Crippen MR) is 134 cm³/mol. The van der Waals surface area contributed by atoms with Crippen LogP contribution >= 0.6 is 0 Å². The van der Waals surface area contributed by atoms with Crippen LogP contribution in [0.3, 0.4) is 0 Å². The average molecular weight is 468 g/mol. The molecule has 5 rings (SSSR count). The number of rotatable bonds is 6. The van der Waals surface area contributed by atoms with Crippen LogP contribution in [0.25, 0.3) is 0 Å². The number of halogens is 2. The lowest BCUT2D eigenvalue weighted by atomic mass is 9.74. The summed E-state index contributed by atoms with van der Waals surface area (Å²) in [4.78, 5) is 15.6. The first kappa shape index (κ1) is 23.1. The van der Waals surface area contributed by atoms with E-state index < -0.39 is 17.2 Å². The molecule has 0 aliphatic carbocycles. The summed E-state index contributed by atoms with van der Waals surface area (Å²) in [5.41, 5.74) is 2.93. The lowest BCUT2D eigenvalue weighted by Gasteiger charge is -2.48. The summed E-state index contributed by atoms with van der Waals surface area (Å²) in [6.45, 7) is 1.33. The minimum Gasteiger partial charge on any atom is -0.294 e. The summed E-state index contributed by atoms with van der Waals surface area (Å²) in [5, 5.41) is 0. The lowest BCUT2D eigenvalue weighted by Crippen LogP contribution is -2.52. The molecule has 0 aromatic heterocycles. The molecule has 0 saturated carbocycles. The molecule has 1 aliphatic rings. The zero-order valence-corrected chi connectivity index (χ0v) is 19.4. The van der Waals surface area contributed by atoms with Crippen LogP contribution in [0.1, 0.15) is 39.9 Å². The van der Waals surface area contributed by atoms with Gasteiger partial charge in [-0.2, -0.15) is 0 Å². The molecule has 0 bridgehead atoms. The fourth-order valence-electron chi connectivity index (χ4n) is 5.47. The zero-order valence-electron chi connectivity index (χ0n) is 19.4. The van der Waals surface area contributed by atoms with E-state index in [1.54, 1.807) is 0 Å². The van der Waals surface area contributed by atoms with E-state index in [0.29, 0.717) is 25.9 Å². The molecule has 4 aromatic carbocycles. The van der Waals surface area contributed by atoms with Gasteiger partial charge < -0.3 is 0 Å². The second kappa shape index (κ2) is 9.93. The van der Waals surface area contributed by atoms with Crippen LogP contribution in [0.4, 0.5) is 8.78 Å². The van der Waals surface area contributed by atoms with Gasteiger partial charge in [0.05, 0.1) is 11.1 Å². The summed E-state index contributed by atoms with van der Waals surface area (Å²) in [6, 6.07) is 34.6. The number of nitrogens with zero attached hydrogens (tertiary/aromatic N) is 1. The van der Waals surface area contributed by atoms with E-state index in [1.807, 2.05) is 18.2 Å². The fraction of sp³-hybridized carbons (Fsp3) is 0.194. The van der Waals surface area contributed by atoms with Gasteiger partial charge in [0.1, 0.15) is 11.6 Å². The highest BCUT2D eigenvalue weighted by atomic mass is 19.1. The highest BCUT2D eigenvalue weighted by Gasteiger charge is 2.44. The number of carbonyl (C=O) groups is 1. The number of likely N-dealkylation sites (tertiary alicyclic amines) is 1. The Balaban J connectivity index is 1.53. The maximum absolute atomic E-state index is 14.3. The normalized spacial score (nSPS) is 15.1. The molecule has 0 amide bonds. The van der Waals surface area contributed by atoms with Gasteiger partial charge in [0, 0.05) is 25.1 Å². The monoisotopic (exact) mass is 467 g/mol. The van der Waals surface area contributed by atoms with Crippen LogP contribution in [0.2, 0.25) is 0 Å². The molecule has 1 heterocycles. The van der Waals surface area contributed by atoms with Crippen molar-refractivity contribution in [3.63, 3.8) is 0 Å². The maximum Gasteiger partial charge on any atom is 0.168 e. The number of hydrogen-bond donors (Lipinski definition) is 0. The van der Waals surface area contributed by atoms with E-state index in [1.165, 1.54) is 6.07 Å². The van der Waals surface area contributed by atoms with E-state index >= 15 is 0 Å².